The average molecular weight is 1010 g/mol. The molecule has 0 aliphatic heterocycles. The third-order valence-electron chi connectivity index (χ3n) is 9.51. The second-order valence-electron chi connectivity index (χ2n) is 13.7. The van der Waals surface area contributed by atoms with Crippen LogP contribution in [0, 0.1) is 0 Å². The molecule has 0 radical (unpaired) electrons. The third kappa shape index (κ3) is 8.23. The van der Waals surface area contributed by atoms with Gasteiger partial charge in [-0.1, -0.05) is 0 Å². The molecule has 5 nitrogen and oxygen atoms in total. The largest absolute Gasteiger partial charge is 0.459 e. The van der Waals surface area contributed by atoms with Crippen LogP contribution in [0.4, 0.5) is 123 Å². The Balaban J connectivity index is 2.03. The number of hydrogen-bond acceptors (Lipinski definition) is 1. The average Bonchev–Trinajstić information content (AvgIpc) is 3.96. The minimum Gasteiger partial charge on any atom is -0.380 e. The van der Waals surface area contributed by atoms with Gasteiger partial charge in [0.15, 0.2) is 6.10 Å². The van der Waals surface area contributed by atoms with Gasteiger partial charge in [-0.05, 0) is 48.5 Å². The van der Waals surface area contributed by atoms with Crippen LogP contribution in [0.25, 0.3) is 0 Å². The number of nitrogens with one attached hydrogen (secondary N) is 4. The summed E-state index contributed by atoms with van der Waals surface area (Å²) in [5.41, 5.74) is -14.3. The molecule has 4 atom stereocenters. The van der Waals surface area contributed by atoms with E-state index in [1.807, 2.05) is 0 Å². The number of hydrogen-bond donors (Lipinski definition) is 5. The maximum Gasteiger partial charge on any atom is 0.459 e. The minimum absolute atomic E-state index is 0.190. The molecule has 0 saturated carbocycles. The molecule has 0 fully saturated rings. The van der Waals surface area contributed by atoms with Crippen molar-refractivity contribution in [3.05, 3.63) is 94.6 Å². The molecule has 65 heavy (non-hydrogen) atoms. The summed E-state index contributed by atoms with van der Waals surface area (Å²) in [6.45, 7) is 0. The number of aliphatic hydroxyl groups is 1. The van der Waals surface area contributed by atoms with Crippen LogP contribution >= 0.6 is 0 Å². The van der Waals surface area contributed by atoms with Gasteiger partial charge < -0.3 is 25.0 Å². The highest BCUT2D eigenvalue weighted by molar-refractivity contribution is 5.39. The smallest absolute Gasteiger partial charge is 0.380 e. The zero-order valence-corrected chi connectivity index (χ0v) is 30.0. The number of alkyl halides is 28. The van der Waals surface area contributed by atoms with Crippen molar-refractivity contribution in [1.82, 2.24) is 19.9 Å². The van der Waals surface area contributed by atoms with E-state index >= 15 is 26.3 Å². The fourth-order valence-corrected chi connectivity index (χ4v) is 6.16. The number of halogens is 28. The van der Waals surface area contributed by atoms with Crippen LogP contribution in [0.1, 0.15) is 63.7 Å². The van der Waals surface area contributed by atoms with Gasteiger partial charge in [0.1, 0.15) is 17.8 Å². The van der Waals surface area contributed by atoms with Crippen molar-refractivity contribution in [2.45, 2.75) is 95.9 Å². The highest BCUT2D eigenvalue weighted by Gasteiger charge is 2.79. The Hall–Kier alpha value is -4.88. The predicted octanol–water partition coefficient (Wildman–Crippen LogP) is 12.8. The molecule has 4 aromatic heterocycles. The molecular weight excluding hydrogens is 988 g/mol. The first-order chi connectivity index (χ1) is 28.8. The van der Waals surface area contributed by atoms with Crippen LogP contribution in [0.3, 0.4) is 0 Å². The monoisotopic (exact) mass is 1010 g/mol. The molecule has 0 aliphatic rings. The summed E-state index contributed by atoms with van der Waals surface area (Å²) < 4.78 is 393. The van der Waals surface area contributed by atoms with Crippen LogP contribution in [0.2, 0.25) is 0 Å². The Bertz CT molecular complexity index is 2250. The summed E-state index contributed by atoms with van der Waals surface area (Å²) in [6.07, 6.45) is -33.3. The zero-order chi connectivity index (χ0) is 50.5. The quantitative estimate of drug-likeness (QED) is 0.0756. The molecule has 5 N–H and O–H groups in total. The van der Waals surface area contributed by atoms with Crippen LogP contribution in [0.5, 0.6) is 0 Å². The maximum absolute atomic E-state index is 15.7. The van der Waals surface area contributed by atoms with Crippen LogP contribution in [-0.4, -0.2) is 97.1 Å². The van der Waals surface area contributed by atoms with Gasteiger partial charge in [0, 0.05) is 40.4 Å². The first kappa shape index (κ1) is 52.7. The second-order valence-corrected chi connectivity index (χ2v) is 13.7. The molecule has 368 valence electrons. The fraction of sp³-hybridized carbons (Fsp3) is 0.500. The standard InChI is InChI=1S/C32H18F28N4O/c33-21(34,25(41,42)29(49,50)51)17(10-2-1-9-61-10)11-3-4-12(62-11)18(22(35,36)26(43,44)30(52,53)54)13-5-6-14(63-13)19(23(37,38)27(45,46)31(55,56)57)15-7-8-16(64-15)20(65)24(39,40)28(47,48)32(58,59)60/h1-9,17-20,61-65H. The van der Waals surface area contributed by atoms with E-state index in [1.165, 1.54) is 4.98 Å². The lowest BCUT2D eigenvalue weighted by atomic mass is 9.89. The van der Waals surface area contributed by atoms with E-state index in [1.54, 1.807) is 4.98 Å². The SMILES string of the molecule is OC(c1ccc(C(c2ccc(C(c3ccc(C(c4ccc[nH]4)C(F)(F)C(F)(F)C(F)(F)F)[nH]3)C(F)(F)C(F)(F)C(F)(F)F)[nH]2)C(F)(F)C(F)(F)C(F)(F)F)[nH]1)C(F)(F)C(F)(F)C(F)(F)F. The van der Waals surface area contributed by atoms with E-state index in [-0.39, 0.29) is 12.1 Å². The van der Waals surface area contributed by atoms with Gasteiger partial charge in [0.05, 0.1) is 5.69 Å². The van der Waals surface area contributed by atoms with Gasteiger partial charge in [0.25, 0.3) is 0 Å². The van der Waals surface area contributed by atoms with Crippen molar-refractivity contribution < 1.29 is 128 Å². The van der Waals surface area contributed by atoms with Crippen LogP contribution in [0.15, 0.2) is 54.7 Å². The van der Waals surface area contributed by atoms with E-state index in [4.69, 9.17) is 0 Å². The van der Waals surface area contributed by atoms with Crippen molar-refractivity contribution >= 4 is 0 Å². The Morgan fingerprint density at radius 3 is 0.785 bits per heavy atom. The highest BCUT2D eigenvalue weighted by Crippen LogP contribution is 2.59. The van der Waals surface area contributed by atoms with Crippen molar-refractivity contribution in [2.24, 2.45) is 0 Å². The molecule has 0 bridgehead atoms. The Morgan fingerprint density at radius 2 is 0.538 bits per heavy atom. The highest BCUT2D eigenvalue weighted by atomic mass is 19.5. The van der Waals surface area contributed by atoms with Crippen molar-refractivity contribution in [3.63, 3.8) is 0 Å². The lowest BCUT2D eigenvalue weighted by Gasteiger charge is -2.35. The Kier molecular flexibility index (Phi) is 12.7. The van der Waals surface area contributed by atoms with Crippen molar-refractivity contribution in [2.75, 3.05) is 0 Å². The van der Waals surface area contributed by atoms with Gasteiger partial charge in [-0.25, -0.2) is 0 Å². The summed E-state index contributed by atoms with van der Waals surface area (Å²) in [7, 11) is 0. The number of aromatic amines is 4. The summed E-state index contributed by atoms with van der Waals surface area (Å²) in [6, 6.07) is -1.17. The third-order valence-corrected chi connectivity index (χ3v) is 9.51. The van der Waals surface area contributed by atoms with Crippen molar-refractivity contribution in [3.8, 4) is 0 Å². The maximum atomic E-state index is 15.7. The van der Waals surface area contributed by atoms with Crippen LogP contribution in [-0.2, 0) is 0 Å². The predicted molar refractivity (Wildman–Crippen MR) is 157 cm³/mol. The van der Waals surface area contributed by atoms with Gasteiger partial charge in [-0.2, -0.15) is 123 Å². The molecule has 4 rings (SSSR count). The van der Waals surface area contributed by atoms with E-state index in [0.717, 1.165) is 9.97 Å². The Morgan fingerprint density at radius 1 is 0.308 bits per heavy atom. The summed E-state index contributed by atoms with van der Waals surface area (Å²) in [4.78, 5) is 4.85. The lowest BCUT2D eigenvalue weighted by Crippen LogP contribution is -2.55. The fourth-order valence-electron chi connectivity index (χ4n) is 6.16. The molecule has 0 saturated heterocycles. The van der Waals surface area contributed by atoms with Gasteiger partial charge in [-0.15, -0.1) is 0 Å². The molecule has 33 heteroatoms. The number of aliphatic hydroxyl groups excluding tert-OH is 1. The van der Waals surface area contributed by atoms with Gasteiger partial charge in [-0.3, -0.25) is 0 Å². The first-order valence-electron chi connectivity index (χ1n) is 16.5. The number of H-pyrrole nitrogens is 4. The number of aromatic nitrogens is 4. The molecule has 0 aromatic carbocycles. The first-order valence-corrected chi connectivity index (χ1v) is 16.5. The molecule has 4 unspecified atom stereocenters. The lowest BCUT2D eigenvalue weighted by molar-refractivity contribution is -0.372. The normalized spacial score (nSPS) is 17.1. The molecule has 0 amide bonds. The molecule has 0 aliphatic carbocycles. The topological polar surface area (TPSA) is 83.4 Å². The molecular formula is C32H18F28N4O. The summed E-state index contributed by atoms with van der Waals surface area (Å²) in [5.74, 6) is -69.1. The Labute approximate surface area is 339 Å². The summed E-state index contributed by atoms with van der Waals surface area (Å²) >= 11 is 0. The minimum atomic E-state index is -7.48. The van der Waals surface area contributed by atoms with Gasteiger partial charge in [0.2, 0.25) is 0 Å². The van der Waals surface area contributed by atoms with E-state index < -0.39 is 160 Å². The van der Waals surface area contributed by atoms with E-state index in [0.29, 0.717) is 18.3 Å². The van der Waals surface area contributed by atoms with Gasteiger partial charge >= 0.3 is 72.1 Å². The molecule has 4 heterocycles. The van der Waals surface area contributed by atoms with E-state index in [2.05, 4.69) is 0 Å². The molecule has 4 aromatic rings. The van der Waals surface area contributed by atoms with Crippen LogP contribution < -0.4 is 0 Å². The van der Waals surface area contributed by atoms with Crippen molar-refractivity contribution in [1.29, 1.82) is 0 Å². The second kappa shape index (κ2) is 15.6. The zero-order valence-electron chi connectivity index (χ0n) is 30.0. The summed E-state index contributed by atoms with van der Waals surface area (Å²) in [5, 5.41) is 9.69. The molecule has 0 spiro atoms. The number of rotatable bonds is 15. The van der Waals surface area contributed by atoms with E-state index in [9.17, 15) is 102 Å².